The van der Waals surface area contributed by atoms with E-state index in [1.165, 1.54) is 6.20 Å². The highest BCUT2D eigenvalue weighted by Gasteiger charge is 1.95. The van der Waals surface area contributed by atoms with E-state index in [4.69, 9.17) is 11.6 Å². The van der Waals surface area contributed by atoms with Crippen LogP contribution < -0.4 is 0 Å². The molecule has 8 heavy (non-hydrogen) atoms. The molecule has 0 aliphatic rings. The number of nitrogens with zero attached hydrogens (tertiary/aromatic N) is 1. The van der Waals surface area contributed by atoms with Crippen molar-refractivity contribution >= 4 is 29.2 Å². The first-order valence-electron chi connectivity index (χ1n) is 1.82. The van der Waals surface area contributed by atoms with Crippen LogP contribution >= 0.6 is 22.9 Å². The van der Waals surface area contributed by atoms with Crippen LogP contribution in [0.2, 0.25) is 4.47 Å². The Hall–Kier alpha value is -0.410. The van der Waals surface area contributed by atoms with Gasteiger partial charge < -0.3 is 0 Å². The number of hydrogen-bond donors (Lipinski definition) is 0. The van der Waals surface area contributed by atoms with Crippen LogP contribution in [0.5, 0.6) is 0 Å². The number of hydrogen-bond acceptors (Lipinski definition) is 3. The van der Waals surface area contributed by atoms with E-state index in [-0.39, 0.29) is 0 Å². The Morgan fingerprint density at radius 1 is 1.88 bits per heavy atom. The quantitative estimate of drug-likeness (QED) is 0.597. The van der Waals surface area contributed by atoms with Crippen molar-refractivity contribution in [1.82, 2.24) is 4.98 Å². The molecule has 2 nitrogen and oxygen atoms in total. The number of rotatable bonds is 1. The predicted octanol–water partition coefficient (Wildman–Crippen LogP) is 1.25. The van der Waals surface area contributed by atoms with Gasteiger partial charge in [-0.25, -0.2) is 4.98 Å². The molecule has 0 spiro atoms. The highest BCUT2D eigenvalue weighted by atomic mass is 35.5. The van der Waals surface area contributed by atoms with Gasteiger partial charge >= 0.3 is 0 Å². The van der Waals surface area contributed by atoms with Crippen LogP contribution in [0.15, 0.2) is 6.20 Å². The van der Waals surface area contributed by atoms with E-state index in [2.05, 4.69) is 4.98 Å². The van der Waals surface area contributed by atoms with Gasteiger partial charge in [-0.05, 0) is 0 Å². The van der Waals surface area contributed by atoms with Crippen molar-refractivity contribution in [2.75, 3.05) is 0 Å². The number of carbonyl (C=O) groups excluding carboxylic acids is 1. The summed E-state index contributed by atoms with van der Waals surface area (Å²) in [5.74, 6) is 0. The van der Waals surface area contributed by atoms with Crippen LogP contribution in [-0.4, -0.2) is 11.3 Å². The van der Waals surface area contributed by atoms with Gasteiger partial charge in [-0.15, -0.1) is 0 Å². The number of aromatic nitrogens is 1. The minimum Gasteiger partial charge on any atom is -0.284 e. The fourth-order valence-electron chi connectivity index (χ4n) is 0.300. The molecule has 1 heterocycles. The highest BCUT2D eigenvalue weighted by molar-refractivity contribution is 7.17. The maximum atomic E-state index is 9.81. The van der Waals surface area contributed by atoms with Crippen LogP contribution in [0, 0.1) is 0 Å². The topological polar surface area (TPSA) is 30.0 Å². The first kappa shape index (κ1) is 5.72. The average molecular weight is 147 g/mol. The Kier molecular flexibility index (Phi) is 1.60. The summed E-state index contributed by atoms with van der Waals surface area (Å²) in [6.07, 6.45) is 3.06. The van der Waals surface area contributed by atoms with Gasteiger partial charge in [0.1, 0.15) is 0 Å². The van der Waals surface area contributed by atoms with Crippen molar-refractivity contribution in [1.29, 1.82) is 0 Å². The van der Waals surface area contributed by atoms with E-state index in [0.717, 1.165) is 11.3 Å². The summed E-state index contributed by atoms with van der Waals surface area (Å²) in [5.41, 5.74) is 0. The Bertz CT molecular complexity index is 198. The normalized spacial score (nSPS) is 9.12. The van der Waals surface area contributed by atoms with Crippen LogP contribution in [0.3, 0.4) is 0 Å². The van der Waals surface area contributed by atoms with E-state index >= 15 is 0 Å². The van der Waals surface area contributed by atoms with E-state index in [9.17, 15) is 4.79 Å². The first-order valence-corrected chi connectivity index (χ1v) is 3.02. The monoisotopic (exact) mass is 146 g/mol. The molecule has 0 unspecified atom stereocenters. The van der Waals surface area contributed by atoms with Crippen molar-refractivity contribution in [3.8, 4) is 0 Å². The molecule has 1 radical (unpaired) electrons. The summed E-state index contributed by atoms with van der Waals surface area (Å²) in [7, 11) is 0. The minimum absolute atomic E-state index is 0.378. The van der Waals surface area contributed by atoms with Gasteiger partial charge in [-0.1, -0.05) is 22.9 Å². The van der Waals surface area contributed by atoms with Crippen LogP contribution in [0.4, 0.5) is 0 Å². The molecule has 0 aliphatic carbocycles. The van der Waals surface area contributed by atoms with Gasteiger partial charge in [0.05, 0.1) is 11.1 Å². The zero-order chi connectivity index (χ0) is 5.98. The second-order valence-electron chi connectivity index (χ2n) is 1.08. The maximum Gasteiger partial charge on any atom is 0.246 e. The molecule has 1 aromatic rings. The summed E-state index contributed by atoms with van der Waals surface area (Å²) < 4.78 is 0.378. The largest absolute Gasteiger partial charge is 0.284 e. The van der Waals surface area contributed by atoms with Gasteiger partial charge in [-0.3, -0.25) is 4.79 Å². The van der Waals surface area contributed by atoms with Gasteiger partial charge in [0, 0.05) is 0 Å². The lowest BCUT2D eigenvalue weighted by Crippen LogP contribution is -1.64. The molecule has 0 amide bonds. The zero-order valence-electron chi connectivity index (χ0n) is 3.72. The molecule has 0 N–H and O–H groups in total. The molecule has 0 bridgehead atoms. The van der Waals surface area contributed by atoms with E-state index in [1.807, 2.05) is 0 Å². The third kappa shape index (κ3) is 1.05. The van der Waals surface area contributed by atoms with E-state index < -0.39 is 0 Å². The third-order valence-corrected chi connectivity index (χ3v) is 1.59. The molecule has 0 fully saturated rings. The van der Waals surface area contributed by atoms with Crippen molar-refractivity contribution in [2.45, 2.75) is 0 Å². The van der Waals surface area contributed by atoms with Crippen molar-refractivity contribution in [3.63, 3.8) is 0 Å². The molecule has 0 aromatic carbocycles. The number of thiazole rings is 1. The SMILES string of the molecule is O=[C]c1cnc(Cl)s1. The smallest absolute Gasteiger partial charge is 0.246 e. The third-order valence-electron chi connectivity index (χ3n) is 0.578. The Balaban J connectivity index is 3.00. The maximum absolute atomic E-state index is 9.81. The Morgan fingerprint density at radius 3 is 2.88 bits per heavy atom. The van der Waals surface area contributed by atoms with E-state index in [0.29, 0.717) is 9.34 Å². The van der Waals surface area contributed by atoms with Gasteiger partial charge in [-0.2, -0.15) is 0 Å². The summed E-state index contributed by atoms with van der Waals surface area (Å²) >= 11 is 6.49. The molecule has 0 aliphatic heterocycles. The first-order chi connectivity index (χ1) is 3.83. The van der Waals surface area contributed by atoms with Crippen LogP contribution in [-0.2, 0) is 4.79 Å². The summed E-state index contributed by atoms with van der Waals surface area (Å²) in [5, 5.41) is 0. The summed E-state index contributed by atoms with van der Waals surface area (Å²) in [6.45, 7) is 0. The molecule has 1 rings (SSSR count). The Labute approximate surface area is 55.1 Å². The molecule has 1 aromatic heterocycles. The van der Waals surface area contributed by atoms with E-state index in [1.54, 1.807) is 6.29 Å². The standard InChI is InChI=1S/C4HClNOS/c5-4-6-1-3(2-7)8-4/h1H. The molecule has 0 atom stereocenters. The molecule has 4 heteroatoms. The molecular weight excluding hydrogens is 146 g/mol. The zero-order valence-corrected chi connectivity index (χ0v) is 5.29. The lowest BCUT2D eigenvalue weighted by atomic mass is 10.6. The lowest BCUT2D eigenvalue weighted by Gasteiger charge is -1.64. The van der Waals surface area contributed by atoms with Crippen LogP contribution in [0.1, 0.15) is 4.88 Å². The summed E-state index contributed by atoms with van der Waals surface area (Å²) in [4.78, 5) is 13.9. The fraction of sp³-hybridized carbons (Fsp3) is 0. The number of halogens is 1. The molecule has 0 saturated heterocycles. The molecule has 41 valence electrons. The van der Waals surface area contributed by atoms with Crippen molar-refractivity contribution < 1.29 is 4.79 Å². The fourth-order valence-corrected chi connectivity index (χ4v) is 1.03. The van der Waals surface area contributed by atoms with Crippen molar-refractivity contribution in [2.24, 2.45) is 0 Å². The second-order valence-corrected chi connectivity index (χ2v) is 2.69. The minimum atomic E-state index is 0.378. The van der Waals surface area contributed by atoms with Crippen LogP contribution in [0.25, 0.3) is 0 Å². The lowest BCUT2D eigenvalue weighted by molar-refractivity contribution is 0.563. The second kappa shape index (κ2) is 2.24. The van der Waals surface area contributed by atoms with Gasteiger partial charge in [0.15, 0.2) is 4.47 Å². The molecular formula is C4HClNOS. The summed E-state index contributed by atoms with van der Waals surface area (Å²) in [6, 6.07) is 0. The Morgan fingerprint density at radius 2 is 2.62 bits per heavy atom. The molecule has 0 saturated carbocycles. The highest BCUT2D eigenvalue weighted by Crippen LogP contribution is 2.14. The average Bonchev–Trinajstić information content (AvgIpc) is 2.14. The van der Waals surface area contributed by atoms with Gasteiger partial charge in [0.25, 0.3) is 0 Å². The van der Waals surface area contributed by atoms with Gasteiger partial charge in [0.2, 0.25) is 6.29 Å². The predicted molar refractivity (Wildman–Crippen MR) is 31.9 cm³/mol. The van der Waals surface area contributed by atoms with Crippen molar-refractivity contribution in [3.05, 3.63) is 15.5 Å².